The second-order valence-corrected chi connectivity index (χ2v) is 9.33. The van der Waals surface area contributed by atoms with E-state index < -0.39 is 5.79 Å². The van der Waals surface area contributed by atoms with Crippen molar-refractivity contribution >= 4 is 28.7 Å². The van der Waals surface area contributed by atoms with Gasteiger partial charge in [0.2, 0.25) is 0 Å². The zero-order chi connectivity index (χ0) is 19.3. The fourth-order valence-corrected chi connectivity index (χ4v) is 5.57. The number of nitrogens with zero attached hydrogens (tertiary/aromatic N) is 4. The first kappa shape index (κ1) is 18.6. The zero-order valence-electron chi connectivity index (χ0n) is 16.1. The average molecular weight is 407 g/mol. The lowest BCUT2D eigenvalue weighted by atomic mass is 10.1. The van der Waals surface area contributed by atoms with Crippen LogP contribution in [0.15, 0.2) is 12.7 Å². The normalized spacial score (nSPS) is 32.8. The van der Waals surface area contributed by atoms with E-state index in [4.69, 9.17) is 19.9 Å². The Bertz CT molecular complexity index is 855. The first-order valence-electron chi connectivity index (χ1n) is 9.78. The predicted molar refractivity (Wildman–Crippen MR) is 106 cm³/mol. The molecule has 0 aromatic carbocycles. The van der Waals surface area contributed by atoms with Crippen LogP contribution in [0.5, 0.6) is 0 Å². The summed E-state index contributed by atoms with van der Waals surface area (Å²) in [6, 6.07) is 0. The standard InChI is InChI=1S/C18H26N6O3S/c1-18(2)26-13-11(7-28-10-3-5-20-6-4-10)25-17(14(13)27-18)24-9-23-12-15(19)21-8-22-16(12)24/h8-11,13-14,17,20H,3-7H2,1-2H3,(H2,19,21,22)/t11-,13?,14+,17-/m1/s1. The Kier molecular flexibility index (Phi) is 4.71. The van der Waals surface area contributed by atoms with Gasteiger partial charge in [-0.05, 0) is 39.8 Å². The summed E-state index contributed by atoms with van der Waals surface area (Å²) in [6.45, 7) is 6.08. The molecule has 2 aromatic rings. The Balaban J connectivity index is 1.39. The number of fused-ring (bicyclic) bond motifs is 2. The zero-order valence-corrected chi connectivity index (χ0v) is 16.9. The van der Waals surface area contributed by atoms with E-state index in [1.807, 2.05) is 30.2 Å². The van der Waals surface area contributed by atoms with E-state index >= 15 is 0 Å². The molecule has 0 radical (unpaired) electrons. The van der Waals surface area contributed by atoms with Gasteiger partial charge in [0.05, 0.1) is 12.4 Å². The summed E-state index contributed by atoms with van der Waals surface area (Å²) in [5, 5.41) is 4.08. The Morgan fingerprint density at radius 3 is 2.82 bits per heavy atom. The number of nitrogens with one attached hydrogen (secondary N) is 1. The molecule has 3 saturated heterocycles. The number of nitrogens with two attached hydrogens (primary N) is 1. The summed E-state index contributed by atoms with van der Waals surface area (Å²) in [6.07, 6.45) is 4.79. The van der Waals surface area contributed by atoms with Gasteiger partial charge in [-0.2, -0.15) is 11.8 Å². The van der Waals surface area contributed by atoms with Crippen LogP contribution < -0.4 is 11.1 Å². The van der Waals surface area contributed by atoms with Crippen LogP contribution in [0.2, 0.25) is 0 Å². The summed E-state index contributed by atoms with van der Waals surface area (Å²) in [5.41, 5.74) is 7.17. The molecule has 2 aromatic heterocycles. The van der Waals surface area contributed by atoms with Crippen LogP contribution in [-0.4, -0.2) is 67.7 Å². The largest absolute Gasteiger partial charge is 0.382 e. The van der Waals surface area contributed by atoms with E-state index in [1.54, 1.807) is 6.33 Å². The van der Waals surface area contributed by atoms with Crippen LogP contribution in [0.25, 0.3) is 11.2 Å². The number of anilines is 1. The first-order valence-corrected chi connectivity index (χ1v) is 10.8. The number of hydrogen-bond acceptors (Lipinski definition) is 9. The van der Waals surface area contributed by atoms with Crippen molar-refractivity contribution in [3.8, 4) is 0 Å². The van der Waals surface area contributed by atoms with Crippen molar-refractivity contribution in [1.82, 2.24) is 24.8 Å². The number of thioether (sulfide) groups is 1. The average Bonchev–Trinajstić information content (AvgIpc) is 3.33. The Morgan fingerprint density at radius 1 is 1.21 bits per heavy atom. The maximum atomic E-state index is 6.44. The minimum atomic E-state index is -0.639. The quantitative estimate of drug-likeness (QED) is 0.776. The van der Waals surface area contributed by atoms with Crippen molar-refractivity contribution in [3.63, 3.8) is 0 Å². The highest BCUT2D eigenvalue weighted by molar-refractivity contribution is 7.99. The lowest BCUT2D eigenvalue weighted by Crippen LogP contribution is -2.33. The maximum absolute atomic E-state index is 6.44. The van der Waals surface area contributed by atoms with Crippen molar-refractivity contribution in [2.24, 2.45) is 0 Å². The maximum Gasteiger partial charge on any atom is 0.167 e. The smallest absolute Gasteiger partial charge is 0.167 e. The number of rotatable bonds is 4. The third kappa shape index (κ3) is 3.26. The van der Waals surface area contributed by atoms with Gasteiger partial charge in [-0.25, -0.2) is 15.0 Å². The van der Waals surface area contributed by atoms with E-state index in [2.05, 4.69) is 20.3 Å². The van der Waals surface area contributed by atoms with Gasteiger partial charge in [0.25, 0.3) is 0 Å². The highest BCUT2D eigenvalue weighted by Gasteiger charge is 2.56. The molecule has 3 N–H and O–H groups in total. The van der Waals surface area contributed by atoms with E-state index in [-0.39, 0.29) is 24.5 Å². The number of nitrogen functional groups attached to an aromatic ring is 1. The van der Waals surface area contributed by atoms with Crippen molar-refractivity contribution in [2.45, 2.75) is 62.3 Å². The monoisotopic (exact) mass is 406 g/mol. The molecule has 0 bridgehead atoms. The number of imidazole rings is 1. The Hall–Kier alpha value is -1.46. The van der Waals surface area contributed by atoms with Gasteiger partial charge >= 0.3 is 0 Å². The van der Waals surface area contributed by atoms with Crippen molar-refractivity contribution in [1.29, 1.82) is 0 Å². The number of piperidine rings is 1. The van der Waals surface area contributed by atoms with E-state index in [0.29, 0.717) is 22.2 Å². The topological polar surface area (TPSA) is 109 Å². The van der Waals surface area contributed by atoms with Crippen molar-refractivity contribution in [2.75, 3.05) is 24.6 Å². The van der Waals surface area contributed by atoms with Crippen LogP contribution in [0.1, 0.15) is 32.9 Å². The molecule has 10 heteroatoms. The van der Waals surface area contributed by atoms with Gasteiger partial charge in [0.15, 0.2) is 23.5 Å². The fourth-order valence-electron chi connectivity index (χ4n) is 4.27. The molecule has 9 nitrogen and oxygen atoms in total. The molecule has 28 heavy (non-hydrogen) atoms. The summed E-state index contributed by atoms with van der Waals surface area (Å²) < 4.78 is 20.8. The Morgan fingerprint density at radius 2 is 2.00 bits per heavy atom. The molecule has 5 rings (SSSR count). The molecule has 0 amide bonds. The Labute approximate surface area is 167 Å². The van der Waals surface area contributed by atoms with Crippen LogP contribution in [0, 0.1) is 0 Å². The molecule has 3 aliphatic heterocycles. The van der Waals surface area contributed by atoms with Gasteiger partial charge in [-0.15, -0.1) is 0 Å². The third-order valence-corrected chi connectivity index (χ3v) is 7.03. The minimum Gasteiger partial charge on any atom is -0.382 e. The van der Waals surface area contributed by atoms with Gasteiger partial charge < -0.3 is 25.3 Å². The highest BCUT2D eigenvalue weighted by atomic mass is 32.2. The first-order chi connectivity index (χ1) is 13.5. The van der Waals surface area contributed by atoms with E-state index in [1.165, 1.54) is 19.2 Å². The number of aromatic nitrogens is 4. The van der Waals surface area contributed by atoms with Crippen LogP contribution in [0.3, 0.4) is 0 Å². The van der Waals surface area contributed by atoms with Gasteiger partial charge in [0.1, 0.15) is 24.1 Å². The summed E-state index contributed by atoms with van der Waals surface area (Å²) in [5.74, 6) is 0.602. The summed E-state index contributed by atoms with van der Waals surface area (Å²) in [4.78, 5) is 12.8. The molecule has 152 valence electrons. The number of hydrogen-bond donors (Lipinski definition) is 2. The third-order valence-electron chi connectivity index (χ3n) is 5.57. The van der Waals surface area contributed by atoms with Crippen LogP contribution in [-0.2, 0) is 14.2 Å². The minimum absolute atomic E-state index is 0.0479. The molecule has 3 fully saturated rings. The highest BCUT2D eigenvalue weighted by Crippen LogP contribution is 2.45. The second-order valence-electron chi connectivity index (χ2n) is 8.00. The summed E-state index contributed by atoms with van der Waals surface area (Å²) >= 11 is 1.98. The van der Waals surface area contributed by atoms with E-state index in [0.717, 1.165) is 18.8 Å². The second kappa shape index (κ2) is 7.10. The van der Waals surface area contributed by atoms with Gasteiger partial charge in [0, 0.05) is 11.0 Å². The molecule has 0 aliphatic carbocycles. The molecule has 0 saturated carbocycles. The fraction of sp³-hybridized carbons (Fsp3) is 0.722. The molecular weight excluding hydrogens is 380 g/mol. The van der Waals surface area contributed by atoms with Gasteiger partial charge in [-0.3, -0.25) is 4.57 Å². The number of ether oxygens (including phenoxy) is 3. The predicted octanol–water partition coefficient (Wildman–Crippen LogP) is 1.31. The molecule has 1 unspecified atom stereocenters. The van der Waals surface area contributed by atoms with Crippen molar-refractivity contribution < 1.29 is 14.2 Å². The lowest BCUT2D eigenvalue weighted by molar-refractivity contribution is -0.193. The summed E-state index contributed by atoms with van der Waals surface area (Å²) in [7, 11) is 0. The molecule has 3 aliphatic rings. The van der Waals surface area contributed by atoms with Crippen LogP contribution in [0.4, 0.5) is 5.82 Å². The molecule has 5 heterocycles. The SMILES string of the molecule is CC1(C)OC2[C@@H](CSC3CCNCC3)O[C@@H](n3cnc4c(N)ncnc43)[C@H]2O1. The van der Waals surface area contributed by atoms with Gasteiger partial charge in [-0.1, -0.05) is 0 Å². The molecule has 4 atom stereocenters. The molecule has 0 spiro atoms. The van der Waals surface area contributed by atoms with E-state index in [9.17, 15) is 0 Å². The van der Waals surface area contributed by atoms with Crippen molar-refractivity contribution in [3.05, 3.63) is 12.7 Å². The molecular formula is C18H26N6O3S. The van der Waals surface area contributed by atoms with Crippen LogP contribution >= 0.6 is 11.8 Å². The lowest BCUT2D eigenvalue weighted by Gasteiger charge is -2.26.